The molecule has 0 aliphatic heterocycles. The maximum atomic E-state index is 5.18. The minimum absolute atomic E-state index is 0.0335. The number of nitrogens with one attached hydrogen (secondary N) is 1. The van der Waals surface area contributed by atoms with Gasteiger partial charge in [0, 0.05) is 6.07 Å². The van der Waals surface area contributed by atoms with Crippen molar-refractivity contribution in [2.45, 2.75) is 26.8 Å². The molecule has 0 aliphatic rings. The fourth-order valence-corrected chi connectivity index (χ4v) is 2.38. The van der Waals surface area contributed by atoms with Crippen molar-refractivity contribution in [3.8, 4) is 5.88 Å². The third kappa shape index (κ3) is 2.80. The summed E-state index contributed by atoms with van der Waals surface area (Å²) >= 11 is 0. The lowest BCUT2D eigenvalue weighted by Crippen LogP contribution is -2.20. The molecule has 0 bridgehead atoms. The number of methoxy groups -OCH3 is 1. The van der Waals surface area contributed by atoms with Crippen LogP contribution in [0, 0.1) is 20.8 Å². The Labute approximate surface area is 120 Å². The molecule has 106 valence electrons. The molecule has 1 atom stereocenters. The number of rotatable bonds is 4. The average molecular weight is 271 g/mol. The summed E-state index contributed by atoms with van der Waals surface area (Å²) in [5.41, 5.74) is 5.99. The Hall–Kier alpha value is -1.94. The van der Waals surface area contributed by atoms with E-state index in [2.05, 4.69) is 48.2 Å². The molecule has 4 nitrogen and oxygen atoms in total. The van der Waals surface area contributed by atoms with E-state index in [1.54, 1.807) is 7.11 Å². The summed E-state index contributed by atoms with van der Waals surface area (Å²) in [4.78, 5) is 8.44. The number of nitrogens with zero attached hydrogens (tertiary/aromatic N) is 2. The number of aromatic nitrogens is 2. The molecule has 0 saturated carbocycles. The third-order valence-electron chi connectivity index (χ3n) is 3.65. The van der Waals surface area contributed by atoms with Crippen molar-refractivity contribution in [3.63, 3.8) is 0 Å². The Morgan fingerprint density at radius 2 is 1.70 bits per heavy atom. The van der Waals surface area contributed by atoms with Gasteiger partial charge in [0.1, 0.15) is 6.33 Å². The van der Waals surface area contributed by atoms with Crippen LogP contribution in [-0.2, 0) is 0 Å². The molecule has 1 aromatic heterocycles. The molecule has 0 spiro atoms. The van der Waals surface area contributed by atoms with Gasteiger partial charge in [0.25, 0.3) is 0 Å². The van der Waals surface area contributed by atoms with E-state index in [0.717, 1.165) is 5.69 Å². The highest BCUT2D eigenvalue weighted by molar-refractivity contribution is 5.41. The molecule has 2 aromatic rings. The summed E-state index contributed by atoms with van der Waals surface area (Å²) in [5.74, 6) is 0.580. The summed E-state index contributed by atoms with van der Waals surface area (Å²) in [5, 5.41) is 3.33. The van der Waals surface area contributed by atoms with E-state index in [-0.39, 0.29) is 6.04 Å². The number of ether oxygens (including phenoxy) is 1. The zero-order valence-electron chi connectivity index (χ0n) is 12.7. The first-order valence-electron chi connectivity index (χ1n) is 6.67. The van der Waals surface area contributed by atoms with Crippen LogP contribution in [0.4, 0.5) is 0 Å². The molecule has 0 fully saturated rings. The van der Waals surface area contributed by atoms with E-state index in [1.165, 1.54) is 28.6 Å². The van der Waals surface area contributed by atoms with Crippen molar-refractivity contribution in [1.29, 1.82) is 0 Å². The highest BCUT2D eigenvalue weighted by atomic mass is 16.5. The molecule has 20 heavy (non-hydrogen) atoms. The highest BCUT2D eigenvalue weighted by Gasteiger charge is 2.17. The monoisotopic (exact) mass is 271 g/mol. The maximum Gasteiger partial charge on any atom is 0.216 e. The molecule has 1 N–H and O–H groups in total. The number of benzene rings is 1. The van der Waals surface area contributed by atoms with E-state index in [0.29, 0.717) is 5.88 Å². The summed E-state index contributed by atoms with van der Waals surface area (Å²) < 4.78 is 5.18. The van der Waals surface area contributed by atoms with Crippen LogP contribution in [0.3, 0.4) is 0 Å². The van der Waals surface area contributed by atoms with Crippen molar-refractivity contribution >= 4 is 0 Å². The van der Waals surface area contributed by atoms with Gasteiger partial charge in [0.15, 0.2) is 0 Å². The van der Waals surface area contributed by atoms with Crippen LogP contribution < -0.4 is 10.1 Å². The highest BCUT2D eigenvalue weighted by Crippen LogP contribution is 2.27. The summed E-state index contributed by atoms with van der Waals surface area (Å²) in [6.45, 7) is 6.39. The van der Waals surface area contributed by atoms with Gasteiger partial charge in [-0.15, -0.1) is 0 Å². The molecule has 1 heterocycles. The van der Waals surface area contributed by atoms with E-state index < -0.39 is 0 Å². The Kier molecular flexibility index (Phi) is 4.35. The second-order valence-corrected chi connectivity index (χ2v) is 5.00. The quantitative estimate of drug-likeness (QED) is 0.929. The topological polar surface area (TPSA) is 47.0 Å². The van der Waals surface area contributed by atoms with E-state index in [4.69, 9.17) is 4.74 Å². The number of hydrogen-bond acceptors (Lipinski definition) is 4. The summed E-state index contributed by atoms with van der Waals surface area (Å²) in [6, 6.07) is 6.34. The molecule has 1 unspecified atom stereocenters. The smallest absolute Gasteiger partial charge is 0.216 e. The van der Waals surface area contributed by atoms with Crippen molar-refractivity contribution in [1.82, 2.24) is 15.3 Å². The Morgan fingerprint density at radius 1 is 1.00 bits per heavy atom. The van der Waals surface area contributed by atoms with Gasteiger partial charge in [-0.2, -0.15) is 0 Å². The fraction of sp³-hybridized carbons (Fsp3) is 0.375. The average Bonchev–Trinajstić information content (AvgIpc) is 2.45. The van der Waals surface area contributed by atoms with Crippen LogP contribution in [-0.4, -0.2) is 24.1 Å². The van der Waals surface area contributed by atoms with Gasteiger partial charge in [0.2, 0.25) is 5.88 Å². The lowest BCUT2D eigenvalue weighted by atomic mass is 9.94. The minimum atomic E-state index is 0.0335. The normalized spacial score (nSPS) is 12.2. The van der Waals surface area contributed by atoms with Gasteiger partial charge in [-0.25, -0.2) is 9.97 Å². The van der Waals surface area contributed by atoms with Crippen LogP contribution in [0.1, 0.15) is 34.0 Å². The first-order valence-corrected chi connectivity index (χ1v) is 6.67. The van der Waals surface area contributed by atoms with Gasteiger partial charge < -0.3 is 10.1 Å². The largest absolute Gasteiger partial charge is 0.481 e. The van der Waals surface area contributed by atoms with Gasteiger partial charge in [0.05, 0.1) is 18.8 Å². The molecule has 0 radical (unpaired) electrons. The summed E-state index contributed by atoms with van der Waals surface area (Å²) in [6.07, 6.45) is 1.54. The van der Waals surface area contributed by atoms with E-state index in [1.807, 2.05) is 13.1 Å². The van der Waals surface area contributed by atoms with Gasteiger partial charge in [-0.1, -0.05) is 12.1 Å². The Bertz CT molecular complexity index is 611. The molecule has 0 aliphatic carbocycles. The maximum absolute atomic E-state index is 5.18. The van der Waals surface area contributed by atoms with Crippen molar-refractivity contribution in [2.75, 3.05) is 14.2 Å². The van der Waals surface area contributed by atoms with Gasteiger partial charge in [-0.3, -0.25) is 0 Å². The SMILES string of the molecule is CNC(c1cc(OC)ncn1)c1cc(C)c(C)cc1C. The minimum Gasteiger partial charge on any atom is -0.481 e. The lowest BCUT2D eigenvalue weighted by molar-refractivity contribution is 0.395. The Balaban J connectivity index is 2.49. The third-order valence-corrected chi connectivity index (χ3v) is 3.65. The zero-order valence-corrected chi connectivity index (χ0v) is 12.7. The van der Waals surface area contributed by atoms with Crippen LogP contribution >= 0.6 is 0 Å². The summed E-state index contributed by atoms with van der Waals surface area (Å²) in [7, 11) is 3.55. The Morgan fingerprint density at radius 3 is 2.35 bits per heavy atom. The molecule has 1 aromatic carbocycles. The zero-order chi connectivity index (χ0) is 14.7. The van der Waals surface area contributed by atoms with E-state index in [9.17, 15) is 0 Å². The predicted octanol–water partition coefficient (Wildman–Crippen LogP) is 2.72. The molecule has 2 rings (SSSR count). The number of aryl methyl sites for hydroxylation is 3. The van der Waals surface area contributed by atoms with Crippen LogP contribution in [0.2, 0.25) is 0 Å². The second kappa shape index (κ2) is 6.01. The molecule has 4 heteroatoms. The van der Waals surface area contributed by atoms with Crippen LogP contribution in [0.25, 0.3) is 0 Å². The van der Waals surface area contributed by atoms with Gasteiger partial charge >= 0.3 is 0 Å². The van der Waals surface area contributed by atoms with Gasteiger partial charge in [-0.05, 0) is 50.1 Å². The van der Waals surface area contributed by atoms with Crippen molar-refractivity contribution in [3.05, 3.63) is 52.5 Å². The molecule has 0 saturated heterocycles. The second-order valence-electron chi connectivity index (χ2n) is 5.00. The lowest BCUT2D eigenvalue weighted by Gasteiger charge is -2.20. The van der Waals surface area contributed by atoms with Crippen molar-refractivity contribution < 1.29 is 4.74 Å². The first-order chi connectivity index (χ1) is 9.56. The van der Waals surface area contributed by atoms with Crippen LogP contribution in [0.5, 0.6) is 5.88 Å². The first kappa shape index (κ1) is 14.5. The van der Waals surface area contributed by atoms with Crippen LogP contribution in [0.15, 0.2) is 24.5 Å². The number of hydrogen-bond donors (Lipinski definition) is 1. The fourth-order valence-electron chi connectivity index (χ4n) is 2.38. The molecule has 0 amide bonds. The van der Waals surface area contributed by atoms with Crippen molar-refractivity contribution in [2.24, 2.45) is 0 Å². The van der Waals surface area contributed by atoms with E-state index >= 15 is 0 Å². The predicted molar refractivity (Wildman–Crippen MR) is 80.1 cm³/mol. The standard InChI is InChI=1S/C16H21N3O/c1-10-6-12(3)13(7-11(10)2)16(17-4)14-8-15(20-5)19-9-18-14/h6-9,16-17H,1-5H3. The molecular formula is C16H21N3O. The molecular weight excluding hydrogens is 250 g/mol.